The molecule has 1 fully saturated rings. The quantitative estimate of drug-likeness (QED) is 0.895. The molecule has 106 valence electrons. The predicted molar refractivity (Wildman–Crippen MR) is 69.3 cm³/mol. The van der Waals surface area contributed by atoms with Crippen molar-refractivity contribution < 1.29 is 12.8 Å². The zero-order valence-electron chi connectivity index (χ0n) is 10.6. The third-order valence-corrected chi connectivity index (χ3v) is 5.33. The molecule has 0 spiro atoms. The molecule has 0 radical (unpaired) electrons. The van der Waals surface area contributed by atoms with E-state index in [0.717, 1.165) is 31.5 Å². The summed E-state index contributed by atoms with van der Waals surface area (Å²) in [5.41, 5.74) is 5.51. The minimum absolute atomic E-state index is 0.0789. The maximum Gasteiger partial charge on any atom is 0.244 e. The van der Waals surface area contributed by atoms with Gasteiger partial charge in [-0.05, 0) is 37.8 Å². The van der Waals surface area contributed by atoms with E-state index in [0.29, 0.717) is 25.6 Å². The first-order valence-corrected chi connectivity index (χ1v) is 7.79. The summed E-state index contributed by atoms with van der Waals surface area (Å²) in [5, 5.41) is 0. The average molecular weight is 287 g/mol. The molecule has 0 aromatic carbocycles. The minimum Gasteiger partial charge on any atom is -0.330 e. The van der Waals surface area contributed by atoms with Gasteiger partial charge in [0.25, 0.3) is 0 Å². The highest BCUT2D eigenvalue weighted by atomic mass is 32.2. The SMILES string of the molecule is NCCC1CCN(S(=O)(=O)c2cncc(F)c2)CC1. The average Bonchev–Trinajstić information content (AvgIpc) is 2.40. The first-order chi connectivity index (χ1) is 9.04. The first kappa shape index (κ1) is 14.4. The van der Waals surface area contributed by atoms with Gasteiger partial charge in [0.15, 0.2) is 0 Å². The smallest absolute Gasteiger partial charge is 0.244 e. The maximum absolute atomic E-state index is 13.1. The van der Waals surface area contributed by atoms with Crippen molar-refractivity contribution in [3.05, 3.63) is 24.3 Å². The van der Waals surface area contributed by atoms with E-state index in [4.69, 9.17) is 5.73 Å². The molecule has 1 aromatic rings. The standard InChI is InChI=1S/C12H18FN3O2S/c13-11-7-12(9-15-8-11)19(17,18)16-5-2-10(1-4-14)3-6-16/h7-10H,1-6,14H2. The second-order valence-corrected chi connectivity index (χ2v) is 6.70. The molecule has 1 aliphatic heterocycles. The highest BCUT2D eigenvalue weighted by Gasteiger charge is 2.29. The van der Waals surface area contributed by atoms with Crippen LogP contribution >= 0.6 is 0 Å². The van der Waals surface area contributed by atoms with Gasteiger partial charge in [-0.2, -0.15) is 4.31 Å². The number of hydrogen-bond acceptors (Lipinski definition) is 4. The Morgan fingerprint density at radius 3 is 2.63 bits per heavy atom. The second-order valence-electron chi connectivity index (χ2n) is 4.76. The number of halogens is 1. The van der Waals surface area contributed by atoms with Crippen molar-refractivity contribution in [2.45, 2.75) is 24.2 Å². The highest BCUT2D eigenvalue weighted by molar-refractivity contribution is 7.89. The summed E-state index contributed by atoms with van der Waals surface area (Å²) < 4.78 is 39.1. The Labute approximate surface area is 112 Å². The summed E-state index contributed by atoms with van der Waals surface area (Å²) in [5.74, 6) is -0.152. The Balaban J connectivity index is 2.10. The third-order valence-electron chi connectivity index (χ3n) is 3.47. The number of aromatic nitrogens is 1. The van der Waals surface area contributed by atoms with Crippen LogP contribution in [0.3, 0.4) is 0 Å². The van der Waals surface area contributed by atoms with Crippen LogP contribution in [0.2, 0.25) is 0 Å². The number of sulfonamides is 1. The molecule has 0 atom stereocenters. The van der Waals surface area contributed by atoms with E-state index in [1.807, 2.05) is 0 Å². The molecule has 2 heterocycles. The molecule has 19 heavy (non-hydrogen) atoms. The zero-order chi connectivity index (χ0) is 13.9. The molecule has 2 rings (SSSR count). The molecule has 5 nitrogen and oxygen atoms in total. The first-order valence-electron chi connectivity index (χ1n) is 6.35. The van der Waals surface area contributed by atoms with Crippen molar-refractivity contribution in [2.75, 3.05) is 19.6 Å². The number of rotatable bonds is 4. The van der Waals surface area contributed by atoms with Crippen LogP contribution in [-0.4, -0.2) is 37.3 Å². The molecule has 0 amide bonds. The third kappa shape index (κ3) is 3.29. The lowest BCUT2D eigenvalue weighted by atomic mass is 9.95. The normalized spacial score (nSPS) is 18.6. The lowest BCUT2D eigenvalue weighted by Gasteiger charge is -2.30. The molecule has 2 N–H and O–H groups in total. The fourth-order valence-electron chi connectivity index (χ4n) is 2.36. The van der Waals surface area contributed by atoms with Gasteiger partial charge in [0, 0.05) is 19.3 Å². The zero-order valence-corrected chi connectivity index (χ0v) is 11.4. The van der Waals surface area contributed by atoms with Gasteiger partial charge >= 0.3 is 0 Å². The van der Waals surface area contributed by atoms with Crippen LogP contribution in [0.5, 0.6) is 0 Å². The van der Waals surface area contributed by atoms with Crippen LogP contribution in [0, 0.1) is 11.7 Å². The van der Waals surface area contributed by atoms with E-state index < -0.39 is 15.8 Å². The molecule has 7 heteroatoms. The Hall–Kier alpha value is -1.05. The highest BCUT2D eigenvalue weighted by Crippen LogP contribution is 2.25. The summed E-state index contributed by atoms with van der Waals surface area (Å²) in [4.78, 5) is 3.51. The molecule has 0 saturated carbocycles. The van der Waals surface area contributed by atoms with Crippen molar-refractivity contribution >= 4 is 10.0 Å². The largest absolute Gasteiger partial charge is 0.330 e. The molecular formula is C12H18FN3O2S. The van der Waals surface area contributed by atoms with E-state index >= 15 is 0 Å². The molecular weight excluding hydrogens is 269 g/mol. The Kier molecular flexibility index (Phi) is 4.49. The van der Waals surface area contributed by atoms with Crippen molar-refractivity contribution in [2.24, 2.45) is 11.7 Å². The molecule has 0 bridgehead atoms. The van der Waals surface area contributed by atoms with Crippen molar-refractivity contribution in [3.8, 4) is 0 Å². The van der Waals surface area contributed by atoms with E-state index in [9.17, 15) is 12.8 Å². The summed E-state index contributed by atoms with van der Waals surface area (Å²) >= 11 is 0. The van der Waals surface area contributed by atoms with Crippen molar-refractivity contribution in [1.82, 2.24) is 9.29 Å². The van der Waals surface area contributed by atoms with Gasteiger partial charge in [-0.15, -0.1) is 0 Å². The van der Waals surface area contributed by atoms with E-state index in [-0.39, 0.29) is 4.90 Å². The lowest BCUT2D eigenvalue weighted by molar-refractivity contribution is 0.265. The number of pyridine rings is 1. The molecule has 0 unspecified atom stereocenters. The lowest BCUT2D eigenvalue weighted by Crippen LogP contribution is -2.38. The predicted octanol–water partition coefficient (Wildman–Crippen LogP) is 0.970. The number of piperidine rings is 1. The summed E-state index contributed by atoms with van der Waals surface area (Å²) in [6.07, 6.45) is 4.71. The van der Waals surface area contributed by atoms with Crippen molar-refractivity contribution in [3.63, 3.8) is 0 Å². The minimum atomic E-state index is -3.62. The van der Waals surface area contributed by atoms with Gasteiger partial charge in [0.1, 0.15) is 10.7 Å². The van der Waals surface area contributed by atoms with Crippen LogP contribution in [0.4, 0.5) is 4.39 Å². The van der Waals surface area contributed by atoms with E-state index in [1.165, 1.54) is 10.5 Å². The monoisotopic (exact) mass is 287 g/mol. The van der Waals surface area contributed by atoms with Crippen LogP contribution < -0.4 is 5.73 Å². The van der Waals surface area contributed by atoms with Crippen LogP contribution in [0.25, 0.3) is 0 Å². The Morgan fingerprint density at radius 1 is 1.37 bits per heavy atom. The fourth-order valence-corrected chi connectivity index (χ4v) is 3.80. The van der Waals surface area contributed by atoms with Crippen LogP contribution in [-0.2, 0) is 10.0 Å². The van der Waals surface area contributed by atoms with E-state index in [1.54, 1.807) is 0 Å². The second kappa shape index (κ2) is 5.94. The number of hydrogen-bond donors (Lipinski definition) is 1. The van der Waals surface area contributed by atoms with Crippen LogP contribution in [0.15, 0.2) is 23.4 Å². The Morgan fingerprint density at radius 2 is 2.05 bits per heavy atom. The molecule has 1 aliphatic rings. The van der Waals surface area contributed by atoms with Gasteiger partial charge in [-0.1, -0.05) is 0 Å². The Bertz CT molecular complexity index is 528. The maximum atomic E-state index is 13.1. The topological polar surface area (TPSA) is 76.3 Å². The van der Waals surface area contributed by atoms with Gasteiger partial charge in [-0.3, -0.25) is 4.98 Å². The molecule has 1 saturated heterocycles. The van der Waals surface area contributed by atoms with Gasteiger partial charge in [0.2, 0.25) is 10.0 Å². The number of nitrogens with two attached hydrogens (primary N) is 1. The summed E-state index contributed by atoms with van der Waals surface area (Å²) in [6, 6.07) is 1.01. The van der Waals surface area contributed by atoms with Crippen molar-refractivity contribution in [1.29, 1.82) is 0 Å². The van der Waals surface area contributed by atoms with Crippen LogP contribution in [0.1, 0.15) is 19.3 Å². The fraction of sp³-hybridized carbons (Fsp3) is 0.583. The van der Waals surface area contributed by atoms with Gasteiger partial charge in [0.05, 0.1) is 6.20 Å². The van der Waals surface area contributed by atoms with Gasteiger partial charge in [-0.25, -0.2) is 12.8 Å². The summed E-state index contributed by atoms with van der Waals surface area (Å²) in [7, 11) is -3.62. The number of nitrogens with zero attached hydrogens (tertiary/aromatic N) is 2. The van der Waals surface area contributed by atoms with E-state index in [2.05, 4.69) is 4.98 Å². The molecule has 1 aromatic heterocycles. The summed E-state index contributed by atoms with van der Waals surface area (Å²) in [6.45, 7) is 1.55. The van der Waals surface area contributed by atoms with Gasteiger partial charge < -0.3 is 5.73 Å². The molecule has 0 aliphatic carbocycles.